The van der Waals surface area contributed by atoms with Crippen molar-refractivity contribution in [1.29, 1.82) is 0 Å². The van der Waals surface area contributed by atoms with Gasteiger partial charge in [0.1, 0.15) is 0 Å². The topological polar surface area (TPSA) is 0 Å². The van der Waals surface area contributed by atoms with Gasteiger partial charge in [0.25, 0.3) is 0 Å². The van der Waals surface area contributed by atoms with Crippen molar-refractivity contribution in [3.05, 3.63) is 78.9 Å². The molecule has 19 heavy (non-hydrogen) atoms. The van der Waals surface area contributed by atoms with E-state index in [9.17, 15) is 0 Å². The Morgan fingerprint density at radius 3 is 1.53 bits per heavy atom. The van der Waals surface area contributed by atoms with Crippen LogP contribution in [0.5, 0.6) is 0 Å². The molecule has 0 radical (unpaired) electrons. The van der Waals surface area contributed by atoms with Crippen molar-refractivity contribution >= 4 is 23.8 Å². The molecule has 96 valence electrons. The quantitative estimate of drug-likeness (QED) is 0.637. The first-order valence-corrected chi connectivity index (χ1v) is 7.02. The first-order chi connectivity index (χ1) is 9.35. The number of rotatable bonds is 3. The monoisotopic (exact) mass is 246 g/mol. The fraction of sp³-hybridized carbons (Fsp3) is 0.222. The first kappa shape index (κ1) is 17.8. The molecule has 0 nitrogen and oxygen atoms in total. The summed E-state index contributed by atoms with van der Waals surface area (Å²) >= 11 is 2.21. The third-order valence-corrected chi connectivity index (χ3v) is 2.41. The molecule has 0 atom stereocenters. The fourth-order valence-electron chi connectivity index (χ4n) is 1.33. The minimum atomic E-state index is 1.17. The summed E-state index contributed by atoms with van der Waals surface area (Å²) in [5.74, 6) is 0. The molecule has 0 aromatic heterocycles. The van der Waals surface area contributed by atoms with Crippen molar-refractivity contribution in [2.24, 2.45) is 0 Å². The standard InChI is InChI=1S/C8H8.C6H6.C4H9.Li/c1-2-8-6-4-3-5-7-8;1-2-4-6-5-3-1;1-3-4-2;/h2-7H,1H2;1-6H;1,3-4H2,2H3;. The van der Waals surface area contributed by atoms with E-state index in [1.54, 1.807) is 0 Å². The van der Waals surface area contributed by atoms with Crippen LogP contribution in [0.1, 0.15) is 25.3 Å². The van der Waals surface area contributed by atoms with Gasteiger partial charge in [-0.05, 0) is 5.56 Å². The van der Waals surface area contributed by atoms with Gasteiger partial charge in [0, 0.05) is 0 Å². The Bertz CT molecular complexity index is 352. The van der Waals surface area contributed by atoms with E-state index in [4.69, 9.17) is 0 Å². The zero-order chi connectivity index (χ0) is 14.2. The van der Waals surface area contributed by atoms with Gasteiger partial charge in [-0.15, -0.1) is 0 Å². The summed E-state index contributed by atoms with van der Waals surface area (Å²) in [6.07, 6.45) is 4.57. The van der Waals surface area contributed by atoms with Crippen LogP contribution in [0.3, 0.4) is 0 Å². The van der Waals surface area contributed by atoms with E-state index < -0.39 is 0 Å². The second-order valence-electron chi connectivity index (χ2n) is 4.12. The maximum atomic E-state index is 3.63. The van der Waals surface area contributed by atoms with Crippen LogP contribution >= 0.6 is 0 Å². The Morgan fingerprint density at radius 2 is 1.32 bits per heavy atom. The molecule has 1 heteroatoms. The molecular formula is C18H23Li. The third kappa shape index (κ3) is 13.0. The molecule has 0 fully saturated rings. The molecule has 2 rings (SSSR count). The molecule has 0 aliphatic heterocycles. The Balaban J connectivity index is 0.000000265. The molecule has 2 aromatic rings. The molecule has 0 amide bonds. The Morgan fingerprint density at radius 1 is 0.895 bits per heavy atom. The largest absolute Gasteiger partial charge is 0.0623 e. The van der Waals surface area contributed by atoms with E-state index in [1.807, 2.05) is 72.8 Å². The molecule has 0 unspecified atom stereocenters. The molecule has 0 aliphatic carbocycles. The Labute approximate surface area is 127 Å². The second kappa shape index (κ2) is 14.8. The van der Waals surface area contributed by atoms with Crippen LogP contribution in [-0.2, 0) is 0 Å². The van der Waals surface area contributed by atoms with Gasteiger partial charge in [0.05, 0.1) is 0 Å². The predicted octanol–water partition coefficient (Wildman–Crippen LogP) is 5.39. The summed E-state index contributed by atoms with van der Waals surface area (Å²) in [5.41, 5.74) is 1.17. The molecule has 0 saturated carbocycles. The van der Waals surface area contributed by atoms with Gasteiger partial charge < -0.3 is 0 Å². The van der Waals surface area contributed by atoms with Gasteiger partial charge in [-0.2, -0.15) is 0 Å². The Hall–Kier alpha value is -1.22. The second-order valence-corrected chi connectivity index (χ2v) is 4.12. The maximum absolute atomic E-state index is 3.63. The number of benzene rings is 2. The van der Waals surface area contributed by atoms with E-state index in [1.165, 1.54) is 23.5 Å². The van der Waals surface area contributed by atoms with Crippen LogP contribution < -0.4 is 0 Å². The summed E-state index contributed by atoms with van der Waals surface area (Å²) in [6, 6.07) is 22.0. The van der Waals surface area contributed by atoms with Gasteiger partial charge >= 0.3 is 42.6 Å². The van der Waals surface area contributed by atoms with Crippen molar-refractivity contribution < 1.29 is 0 Å². The predicted molar refractivity (Wildman–Crippen MR) is 88.4 cm³/mol. The summed E-state index contributed by atoms with van der Waals surface area (Å²) in [6.45, 7) is 5.84. The summed E-state index contributed by atoms with van der Waals surface area (Å²) < 4.78 is 0. The molecule has 0 aliphatic rings. The van der Waals surface area contributed by atoms with Gasteiger partial charge in [-0.25, -0.2) is 0 Å². The van der Waals surface area contributed by atoms with Gasteiger partial charge in [0.2, 0.25) is 0 Å². The van der Waals surface area contributed by atoms with E-state index in [2.05, 4.69) is 31.2 Å². The van der Waals surface area contributed by atoms with E-state index in [0.29, 0.717) is 0 Å². The molecule has 2 aromatic carbocycles. The Kier molecular flexibility index (Phi) is 13.9. The molecule has 0 bridgehead atoms. The number of hydrogen-bond acceptors (Lipinski definition) is 0. The SMILES string of the molecule is C=Cc1ccccc1.[Li][CH2]CCC.c1ccccc1. The molecule has 0 spiro atoms. The fourth-order valence-corrected chi connectivity index (χ4v) is 1.33. The van der Waals surface area contributed by atoms with E-state index >= 15 is 0 Å². The smallest absolute Gasteiger partial charge is 0.0623 e. The summed E-state index contributed by atoms with van der Waals surface area (Å²) in [7, 11) is 0. The zero-order valence-corrected chi connectivity index (χ0v) is 12.3. The normalized spacial score (nSPS) is 8.37. The van der Waals surface area contributed by atoms with Gasteiger partial charge in [-0.1, -0.05) is 79.4 Å². The van der Waals surface area contributed by atoms with Crippen molar-refractivity contribution in [2.75, 3.05) is 0 Å². The van der Waals surface area contributed by atoms with Crippen LogP contribution in [0.15, 0.2) is 73.3 Å². The van der Waals surface area contributed by atoms with Crippen molar-refractivity contribution in [2.45, 2.75) is 24.9 Å². The van der Waals surface area contributed by atoms with E-state index in [0.717, 1.165) is 0 Å². The van der Waals surface area contributed by atoms with Crippen LogP contribution in [0.25, 0.3) is 6.08 Å². The molecule has 0 saturated heterocycles. The molecular weight excluding hydrogens is 223 g/mol. The molecule has 0 N–H and O–H groups in total. The van der Waals surface area contributed by atoms with Crippen molar-refractivity contribution in [3.63, 3.8) is 0 Å². The van der Waals surface area contributed by atoms with Crippen molar-refractivity contribution in [3.8, 4) is 0 Å². The average molecular weight is 246 g/mol. The zero-order valence-electron chi connectivity index (χ0n) is 12.3. The minimum Gasteiger partial charge on any atom is -0.0623 e. The summed E-state index contributed by atoms with van der Waals surface area (Å²) in [5, 5.41) is 1.34. The van der Waals surface area contributed by atoms with Crippen LogP contribution in [-0.4, -0.2) is 17.7 Å². The number of hydrogen-bond donors (Lipinski definition) is 0. The van der Waals surface area contributed by atoms with Crippen LogP contribution in [0, 0.1) is 0 Å². The van der Waals surface area contributed by atoms with Crippen LogP contribution in [0.4, 0.5) is 0 Å². The third-order valence-electron chi connectivity index (χ3n) is 2.41. The molecule has 0 heterocycles. The van der Waals surface area contributed by atoms with Crippen LogP contribution in [0.2, 0.25) is 5.09 Å². The summed E-state index contributed by atoms with van der Waals surface area (Å²) in [4.78, 5) is 0. The maximum Gasteiger partial charge on any atom is -0.0623 e. The van der Waals surface area contributed by atoms with E-state index in [-0.39, 0.29) is 0 Å². The van der Waals surface area contributed by atoms with Gasteiger partial charge in [0.15, 0.2) is 0 Å². The van der Waals surface area contributed by atoms with Gasteiger partial charge in [-0.3, -0.25) is 0 Å². The average Bonchev–Trinajstić information content (AvgIpc) is 2.52. The first-order valence-electron chi connectivity index (χ1n) is 7.02. The van der Waals surface area contributed by atoms with Crippen molar-refractivity contribution in [1.82, 2.24) is 0 Å². The number of unbranched alkanes of at least 4 members (excludes halogenated alkanes) is 1. The minimum absolute atomic E-state index is 1.17.